The van der Waals surface area contributed by atoms with Crippen molar-refractivity contribution >= 4 is 23.1 Å². The van der Waals surface area contributed by atoms with E-state index in [4.69, 9.17) is 14.2 Å². The SMILES string of the molecule is COc1ccc(/C(O)=C2/C(=O)C(=O)N(c3ccc(Oc4cccc(C)c4)cc3)C2c2cccnc2)cc1OC. The van der Waals surface area contributed by atoms with E-state index in [9.17, 15) is 14.7 Å². The average molecular weight is 523 g/mol. The highest BCUT2D eigenvalue weighted by Gasteiger charge is 2.47. The number of pyridine rings is 1. The van der Waals surface area contributed by atoms with Gasteiger partial charge in [0.1, 0.15) is 17.3 Å². The van der Waals surface area contributed by atoms with Gasteiger partial charge < -0.3 is 19.3 Å². The first-order chi connectivity index (χ1) is 18.9. The highest BCUT2D eigenvalue weighted by atomic mass is 16.5. The van der Waals surface area contributed by atoms with Crippen LogP contribution in [0.5, 0.6) is 23.0 Å². The summed E-state index contributed by atoms with van der Waals surface area (Å²) in [7, 11) is 2.98. The first-order valence-electron chi connectivity index (χ1n) is 12.2. The molecule has 0 aliphatic carbocycles. The number of benzene rings is 3. The Hall–Kier alpha value is -5.11. The summed E-state index contributed by atoms with van der Waals surface area (Å²) >= 11 is 0. The molecule has 39 heavy (non-hydrogen) atoms. The van der Waals surface area contributed by atoms with E-state index in [1.807, 2.05) is 31.2 Å². The lowest BCUT2D eigenvalue weighted by atomic mass is 9.96. The molecule has 1 atom stereocenters. The molecule has 1 aliphatic rings. The molecule has 3 aromatic carbocycles. The zero-order chi connectivity index (χ0) is 27.5. The third-order valence-electron chi connectivity index (χ3n) is 6.44. The number of aryl methyl sites for hydroxylation is 1. The Bertz CT molecular complexity index is 1560. The van der Waals surface area contributed by atoms with E-state index in [0.29, 0.717) is 39.8 Å². The molecular formula is C31H26N2O6. The molecule has 8 heteroatoms. The van der Waals surface area contributed by atoms with E-state index in [0.717, 1.165) is 5.56 Å². The smallest absolute Gasteiger partial charge is 0.300 e. The van der Waals surface area contributed by atoms with Gasteiger partial charge in [-0.2, -0.15) is 0 Å². The van der Waals surface area contributed by atoms with Gasteiger partial charge in [0.2, 0.25) is 0 Å². The predicted molar refractivity (Wildman–Crippen MR) is 146 cm³/mol. The van der Waals surface area contributed by atoms with Crippen LogP contribution in [0.15, 0.2) is 96.8 Å². The standard InChI is InChI=1S/C31H26N2O6/c1-19-6-4-8-24(16-19)39-23-12-10-22(11-13-23)33-28(21-7-5-15-32-18-21)27(30(35)31(33)36)29(34)20-9-14-25(37-2)26(17-20)38-3/h4-18,28,34H,1-3H3/b29-27-. The Kier molecular flexibility index (Phi) is 7.01. The fourth-order valence-corrected chi connectivity index (χ4v) is 4.58. The van der Waals surface area contributed by atoms with Gasteiger partial charge in [-0.3, -0.25) is 19.5 Å². The van der Waals surface area contributed by atoms with Crippen LogP contribution in [-0.4, -0.2) is 36.0 Å². The molecule has 1 aromatic heterocycles. The lowest BCUT2D eigenvalue weighted by Gasteiger charge is -2.25. The molecule has 0 bridgehead atoms. The number of rotatable bonds is 7. The van der Waals surface area contributed by atoms with E-state index in [1.54, 1.807) is 67.0 Å². The van der Waals surface area contributed by atoms with Crippen molar-refractivity contribution in [2.45, 2.75) is 13.0 Å². The van der Waals surface area contributed by atoms with Gasteiger partial charge in [-0.1, -0.05) is 18.2 Å². The van der Waals surface area contributed by atoms with Crippen molar-refractivity contribution in [3.05, 3.63) is 114 Å². The van der Waals surface area contributed by atoms with Crippen LogP contribution in [0.1, 0.15) is 22.7 Å². The highest BCUT2D eigenvalue weighted by molar-refractivity contribution is 6.51. The number of anilines is 1. The monoisotopic (exact) mass is 522 g/mol. The molecule has 196 valence electrons. The summed E-state index contributed by atoms with van der Waals surface area (Å²) in [4.78, 5) is 32.3. The number of aliphatic hydroxyl groups is 1. The van der Waals surface area contributed by atoms with Crippen LogP contribution in [0.4, 0.5) is 5.69 Å². The van der Waals surface area contributed by atoms with Gasteiger partial charge >= 0.3 is 0 Å². The maximum Gasteiger partial charge on any atom is 0.300 e. The topological polar surface area (TPSA) is 98.2 Å². The lowest BCUT2D eigenvalue weighted by Crippen LogP contribution is -2.29. The number of amides is 1. The maximum absolute atomic E-state index is 13.4. The van der Waals surface area contributed by atoms with Crippen molar-refractivity contribution in [3.63, 3.8) is 0 Å². The zero-order valence-corrected chi connectivity index (χ0v) is 21.6. The second-order valence-corrected chi connectivity index (χ2v) is 8.94. The minimum absolute atomic E-state index is 0.0553. The molecular weight excluding hydrogens is 496 g/mol. The van der Waals surface area contributed by atoms with E-state index >= 15 is 0 Å². The molecule has 1 amide bonds. The van der Waals surface area contributed by atoms with E-state index in [2.05, 4.69) is 4.98 Å². The first kappa shape index (κ1) is 25.5. The summed E-state index contributed by atoms with van der Waals surface area (Å²) in [5.41, 5.74) is 2.35. The first-order valence-corrected chi connectivity index (χ1v) is 12.2. The molecule has 4 aromatic rings. The summed E-state index contributed by atoms with van der Waals surface area (Å²) in [6, 6.07) is 21.9. The third-order valence-corrected chi connectivity index (χ3v) is 6.44. The van der Waals surface area contributed by atoms with Crippen LogP contribution in [0.2, 0.25) is 0 Å². The number of hydrogen-bond donors (Lipinski definition) is 1. The van der Waals surface area contributed by atoms with Crippen molar-refractivity contribution in [1.29, 1.82) is 0 Å². The van der Waals surface area contributed by atoms with Crippen LogP contribution in [0.3, 0.4) is 0 Å². The van der Waals surface area contributed by atoms with Crippen LogP contribution < -0.4 is 19.1 Å². The molecule has 1 aliphatic heterocycles. The van der Waals surface area contributed by atoms with Gasteiger partial charge in [0.25, 0.3) is 11.7 Å². The number of carbonyl (C=O) groups excluding carboxylic acids is 2. The van der Waals surface area contributed by atoms with Crippen LogP contribution in [-0.2, 0) is 9.59 Å². The molecule has 0 radical (unpaired) electrons. The number of hydrogen-bond acceptors (Lipinski definition) is 7. The predicted octanol–water partition coefficient (Wildman–Crippen LogP) is 5.83. The number of methoxy groups -OCH3 is 2. The largest absolute Gasteiger partial charge is 0.507 e. The van der Waals surface area contributed by atoms with Gasteiger partial charge in [-0.25, -0.2) is 0 Å². The number of ether oxygens (including phenoxy) is 3. The summed E-state index contributed by atoms with van der Waals surface area (Å²) < 4.78 is 16.6. The molecule has 5 rings (SSSR count). The molecule has 2 heterocycles. The number of Topliss-reactive ketones (excluding diaryl/α,β-unsaturated/α-hetero) is 1. The minimum atomic E-state index is -0.907. The van der Waals surface area contributed by atoms with Gasteiger partial charge in [0.05, 0.1) is 25.8 Å². The molecule has 8 nitrogen and oxygen atoms in total. The highest BCUT2D eigenvalue weighted by Crippen LogP contribution is 2.43. The number of nitrogens with zero attached hydrogens (tertiary/aromatic N) is 2. The Balaban J connectivity index is 1.57. The fraction of sp³-hybridized carbons (Fsp3) is 0.129. The molecule has 1 unspecified atom stereocenters. The molecule has 0 saturated carbocycles. The molecule has 1 N–H and O–H groups in total. The van der Waals surface area contributed by atoms with Crippen LogP contribution in [0, 0.1) is 6.92 Å². The van der Waals surface area contributed by atoms with Crippen molar-refractivity contribution < 1.29 is 28.9 Å². The second kappa shape index (κ2) is 10.7. The fourth-order valence-electron chi connectivity index (χ4n) is 4.58. The Labute approximate surface area is 225 Å². The van der Waals surface area contributed by atoms with Gasteiger partial charge in [-0.05, 0) is 78.7 Å². The van der Waals surface area contributed by atoms with Crippen molar-refractivity contribution in [1.82, 2.24) is 4.98 Å². The third kappa shape index (κ3) is 4.92. The Morgan fingerprint density at radius 2 is 1.64 bits per heavy atom. The van der Waals surface area contributed by atoms with E-state index in [1.165, 1.54) is 19.1 Å². The lowest BCUT2D eigenvalue weighted by molar-refractivity contribution is -0.132. The van der Waals surface area contributed by atoms with Crippen molar-refractivity contribution in [3.8, 4) is 23.0 Å². The zero-order valence-electron chi connectivity index (χ0n) is 21.6. The molecule has 0 spiro atoms. The summed E-state index contributed by atoms with van der Waals surface area (Å²) in [5.74, 6) is 0.196. The van der Waals surface area contributed by atoms with E-state index < -0.39 is 17.7 Å². The van der Waals surface area contributed by atoms with Gasteiger partial charge in [0.15, 0.2) is 11.5 Å². The second-order valence-electron chi connectivity index (χ2n) is 8.94. The maximum atomic E-state index is 13.4. The summed E-state index contributed by atoms with van der Waals surface area (Å²) in [6.45, 7) is 1.98. The quantitative estimate of drug-likeness (QED) is 0.185. The van der Waals surface area contributed by atoms with Gasteiger partial charge in [0, 0.05) is 23.6 Å². The van der Waals surface area contributed by atoms with Crippen molar-refractivity contribution in [2.75, 3.05) is 19.1 Å². The number of aliphatic hydroxyl groups excluding tert-OH is 1. The average Bonchev–Trinajstić information content (AvgIpc) is 3.23. The number of ketones is 1. The summed E-state index contributed by atoms with van der Waals surface area (Å²) in [5, 5.41) is 11.4. The number of aromatic nitrogens is 1. The normalized spacial score (nSPS) is 16.3. The summed E-state index contributed by atoms with van der Waals surface area (Å²) in [6.07, 6.45) is 3.17. The van der Waals surface area contributed by atoms with E-state index in [-0.39, 0.29) is 11.3 Å². The van der Waals surface area contributed by atoms with Crippen LogP contribution in [0.25, 0.3) is 5.76 Å². The molecule has 1 fully saturated rings. The number of carbonyl (C=O) groups is 2. The van der Waals surface area contributed by atoms with Gasteiger partial charge in [-0.15, -0.1) is 0 Å². The van der Waals surface area contributed by atoms with Crippen LogP contribution >= 0.6 is 0 Å². The van der Waals surface area contributed by atoms with Crippen molar-refractivity contribution in [2.24, 2.45) is 0 Å². The Morgan fingerprint density at radius 1 is 0.872 bits per heavy atom. The Morgan fingerprint density at radius 3 is 2.31 bits per heavy atom. The minimum Gasteiger partial charge on any atom is -0.507 e. The molecule has 1 saturated heterocycles.